The maximum absolute atomic E-state index is 13.5. The lowest BCUT2D eigenvalue weighted by Crippen LogP contribution is -2.30. The Kier molecular flexibility index (Phi) is 8.64. The van der Waals surface area contributed by atoms with Crippen molar-refractivity contribution in [3.05, 3.63) is 89.4 Å². The van der Waals surface area contributed by atoms with Crippen LogP contribution in [-0.2, 0) is 16.6 Å². The summed E-state index contributed by atoms with van der Waals surface area (Å²) in [6.07, 6.45) is 2.84. The lowest BCUT2D eigenvalue weighted by molar-refractivity contribution is 0.303. The third-order valence-electron chi connectivity index (χ3n) is 4.77. The van der Waals surface area contributed by atoms with Crippen molar-refractivity contribution in [2.75, 3.05) is 16.8 Å². The molecule has 0 unspecified atom stereocenters. The zero-order chi connectivity index (χ0) is 22.1. The molecule has 0 aliphatic heterocycles. The predicted octanol–water partition coefficient (Wildman–Crippen LogP) is 6.52. The molecule has 3 aromatic rings. The quantitative estimate of drug-likeness (QED) is 0.233. The van der Waals surface area contributed by atoms with Crippen LogP contribution in [-0.4, -0.2) is 20.9 Å². The third kappa shape index (κ3) is 6.39. The predicted molar refractivity (Wildman–Crippen MR) is 128 cm³/mol. The fraction of sp³-hybridized carbons (Fsp3) is 0.250. The normalized spacial score (nSPS) is 11.3. The second-order valence-electron chi connectivity index (χ2n) is 7.01. The van der Waals surface area contributed by atoms with E-state index in [-0.39, 0.29) is 11.4 Å². The summed E-state index contributed by atoms with van der Waals surface area (Å²) >= 11 is 11.7. The van der Waals surface area contributed by atoms with Gasteiger partial charge in [0, 0.05) is 16.5 Å². The molecule has 0 radical (unpaired) electrons. The molecule has 0 atom stereocenters. The molecule has 0 bridgehead atoms. The van der Waals surface area contributed by atoms with Crippen LogP contribution in [0.3, 0.4) is 0 Å². The number of hydrogen-bond acceptors (Lipinski definition) is 3. The number of hydrogen-bond donors (Lipinski definition) is 0. The van der Waals surface area contributed by atoms with Gasteiger partial charge in [0.2, 0.25) is 0 Å². The van der Waals surface area contributed by atoms with E-state index in [1.54, 1.807) is 24.3 Å². The second kappa shape index (κ2) is 11.4. The number of benzene rings is 3. The highest BCUT2D eigenvalue weighted by molar-refractivity contribution is 7.92. The molecule has 0 aromatic heterocycles. The largest absolute Gasteiger partial charge is 0.493 e. The standard InChI is InChI=1S/C24H25Cl2NO3S/c25-17-7-2-8-18-30-24-12-6-5-9-20(24)19-27(22-10-3-1-4-11-22)31(28,29)23-15-13-21(26)14-16-23/h1,3-6,9-16H,2,7-8,17-19H2. The Balaban J connectivity index is 1.90. The van der Waals surface area contributed by atoms with Crippen LogP contribution in [0.4, 0.5) is 5.69 Å². The van der Waals surface area contributed by atoms with E-state index in [1.165, 1.54) is 16.4 Å². The van der Waals surface area contributed by atoms with Gasteiger partial charge in [0.1, 0.15) is 5.75 Å². The number of unbranched alkanes of at least 4 members (excludes halogenated alkanes) is 2. The number of rotatable bonds is 11. The molecule has 4 nitrogen and oxygen atoms in total. The monoisotopic (exact) mass is 477 g/mol. The van der Waals surface area contributed by atoms with Crippen molar-refractivity contribution in [3.63, 3.8) is 0 Å². The minimum absolute atomic E-state index is 0.146. The first-order valence-corrected chi connectivity index (χ1v) is 12.5. The van der Waals surface area contributed by atoms with Crippen molar-refractivity contribution in [2.24, 2.45) is 0 Å². The van der Waals surface area contributed by atoms with E-state index in [9.17, 15) is 8.42 Å². The summed E-state index contributed by atoms with van der Waals surface area (Å²) in [5.74, 6) is 1.33. The number of halogens is 2. The minimum atomic E-state index is -3.81. The summed E-state index contributed by atoms with van der Waals surface area (Å²) < 4.78 is 34.4. The molecule has 31 heavy (non-hydrogen) atoms. The zero-order valence-electron chi connectivity index (χ0n) is 17.1. The molecular formula is C24H25Cl2NO3S. The van der Waals surface area contributed by atoms with Crippen LogP contribution in [0.5, 0.6) is 5.75 Å². The van der Waals surface area contributed by atoms with Crippen LogP contribution in [0.2, 0.25) is 5.02 Å². The Labute approximate surface area is 194 Å². The molecule has 0 spiro atoms. The lowest BCUT2D eigenvalue weighted by Gasteiger charge is -2.25. The van der Waals surface area contributed by atoms with Crippen molar-refractivity contribution in [1.29, 1.82) is 0 Å². The molecule has 0 aliphatic carbocycles. The van der Waals surface area contributed by atoms with E-state index < -0.39 is 10.0 Å². The summed E-state index contributed by atoms with van der Waals surface area (Å²) in [6.45, 7) is 0.704. The Morgan fingerprint density at radius 2 is 1.48 bits per heavy atom. The molecule has 0 N–H and O–H groups in total. The molecule has 7 heteroatoms. The topological polar surface area (TPSA) is 46.6 Å². The third-order valence-corrected chi connectivity index (χ3v) is 7.08. The maximum atomic E-state index is 13.5. The van der Waals surface area contributed by atoms with Crippen LogP contribution < -0.4 is 9.04 Å². The molecular weight excluding hydrogens is 453 g/mol. The SMILES string of the molecule is O=S(=O)(c1ccc(Cl)cc1)N(Cc1ccccc1OCCCCCCl)c1ccccc1. The van der Waals surface area contributed by atoms with Crippen LogP contribution in [0.1, 0.15) is 24.8 Å². The highest BCUT2D eigenvalue weighted by Crippen LogP contribution is 2.29. The van der Waals surface area contributed by atoms with Crippen molar-refractivity contribution >= 4 is 38.9 Å². The summed E-state index contributed by atoms with van der Waals surface area (Å²) in [5, 5.41) is 0.484. The number of anilines is 1. The van der Waals surface area contributed by atoms with Gasteiger partial charge in [-0.2, -0.15) is 0 Å². The summed E-state index contributed by atoms with van der Waals surface area (Å²) in [6, 6.07) is 22.8. The molecule has 0 saturated carbocycles. The molecule has 0 amide bonds. The van der Waals surface area contributed by atoms with Crippen LogP contribution >= 0.6 is 23.2 Å². The highest BCUT2D eigenvalue weighted by atomic mass is 35.5. The fourth-order valence-electron chi connectivity index (χ4n) is 3.13. The van der Waals surface area contributed by atoms with E-state index in [0.717, 1.165) is 24.8 Å². The summed E-state index contributed by atoms with van der Waals surface area (Å²) in [7, 11) is -3.81. The zero-order valence-corrected chi connectivity index (χ0v) is 19.4. The van der Waals surface area contributed by atoms with Crippen LogP contribution in [0.25, 0.3) is 0 Å². The molecule has 0 saturated heterocycles. The highest BCUT2D eigenvalue weighted by Gasteiger charge is 2.26. The van der Waals surface area contributed by atoms with Gasteiger partial charge in [0.05, 0.1) is 23.7 Å². The van der Waals surface area contributed by atoms with Gasteiger partial charge in [-0.25, -0.2) is 8.42 Å². The molecule has 3 rings (SSSR count). The van der Waals surface area contributed by atoms with E-state index in [4.69, 9.17) is 27.9 Å². The molecule has 0 heterocycles. The first-order valence-electron chi connectivity index (χ1n) is 10.1. The van der Waals surface area contributed by atoms with Crippen molar-refractivity contribution in [3.8, 4) is 5.75 Å². The average molecular weight is 478 g/mol. The second-order valence-corrected chi connectivity index (χ2v) is 9.68. The number of sulfonamides is 1. The van der Waals surface area contributed by atoms with E-state index in [0.29, 0.717) is 28.9 Å². The van der Waals surface area contributed by atoms with Gasteiger partial charge in [-0.05, 0) is 61.7 Å². The van der Waals surface area contributed by atoms with E-state index >= 15 is 0 Å². The number of ether oxygens (including phenoxy) is 1. The molecule has 0 aliphatic rings. The summed E-state index contributed by atoms with van der Waals surface area (Å²) in [4.78, 5) is 0.181. The summed E-state index contributed by atoms with van der Waals surface area (Å²) in [5.41, 5.74) is 1.37. The Bertz CT molecular complexity index is 1060. The fourth-order valence-corrected chi connectivity index (χ4v) is 4.89. The first-order chi connectivity index (χ1) is 15.0. The smallest absolute Gasteiger partial charge is 0.264 e. The van der Waals surface area contributed by atoms with Gasteiger partial charge in [-0.15, -0.1) is 11.6 Å². The minimum Gasteiger partial charge on any atom is -0.493 e. The van der Waals surface area contributed by atoms with Crippen molar-refractivity contribution in [2.45, 2.75) is 30.7 Å². The lowest BCUT2D eigenvalue weighted by atomic mass is 10.2. The van der Waals surface area contributed by atoms with Crippen LogP contribution in [0, 0.1) is 0 Å². The van der Waals surface area contributed by atoms with Gasteiger partial charge in [0.15, 0.2) is 0 Å². The Morgan fingerprint density at radius 3 is 2.19 bits per heavy atom. The first kappa shape index (κ1) is 23.5. The number of nitrogens with zero attached hydrogens (tertiary/aromatic N) is 1. The van der Waals surface area contributed by atoms with Gasteiger partial charge >= 0.3 is 0 Å². The maximum Gasteiger partial charge on any atom is 0.264 e. The average Bonchev–Trinajstić information content (AvgIpc) is 2.79. The van der Waals surface area contributed by atoms with Crippen molar-refractivity contribution < 1.29 is 13.2 Å². The molecule has 0 fully saturated rings. The van der Waals surface area contributed by atoms with Gasteiger partial charge < -0.3 is 4.74 Å². The van der Waals surface area contributed by atoms with Gasteiger partial charge in [-0.1, -0.05) is 48.0 Å². The van der Waals surface area contributed by atoms with Crippen LogP contribution in [0.15, 0.2) is 83.8 Å². The number of para-hydroxylation sites is 2. The van der Waals surface area contributed by atoms with Crippen molar-refractivity contribution in [1.82, 2.24) is 0 Å². The van der Waals surface area contributed by atoms with Gasteiger partial charge in [-0.3, -0.25) is 4.31 Å². The van der Waals surface area contributed by atoms with E-state index in [2.05, 4.69) is 0 Å². The molecule has 164 valence electrons. The van der Waals surface area contributed by atoms with Gasteiger partial charge in [0.25, 0.3) is 10.0 Å². The Morgan fingerprint density at radius 1 is 0.806 bits per heavy atom. The Hall–Kier alpha value is -2.21. The number of alkyl halides is 1. The van der Waals surface area contributed by atoms with E-state index in [1.807, 2.05) is 42.5 Å². The molecule has 3 aromatic carbocycles.